The maximum atomic E-state index is 12.2. The van der Waals surface area contributed by atoms with Gasteiger partial charge in [-0.25, -0.2) is 21.6 Å². The number of sulfonamides is 2. The predicted molar refractivity (Wildman–Crippen MR) is 105 cm³/mol. The van der Waals surface area contributed by atoms with Crippen LogP contribution in [0.25, 0.3) is 0 Å². The van der Waals surface area contributed by atoms with Crippen molar-refractivity contribution in [3.8, 4) is 0 Å². The van der Waals surface area contributed by atoms with Gasteiger partial charge in [-0.05, 0) is 24.4 Å². The van der Waals surface area contributed by atoms with Crippen LogP contribution in [0.5, 0.6) is 0 Å². The summed E-state index contributed by atoms with van der Waals surface area (Å²) >= 11 is 1.01. The second kappa shape index (κ2) is 9.41. The molecule has 11 nitrogen and oxygen atoms in total. The van der Waals surface area contributed by atoms with Crippen molar-refractivity contribution in [1.82, 2.24) is 14.8 Å². The van der Waals surface area contributed by atoms with E-state index >= 15 is 0 Å². The first kappa shape index (κ1) is 22.9. The summed E-state index contributed by atoms with van der Waals surface area (Å²) in [6.07, 6.45) is 0. The van der Waals surface area contributed by atoms with Crippen LogP contribution in [-0.4, -0.2) is 46.8 Å². The standard InChI is InChI=1S/C15H18N4O7S3/c1-11(18-29(25,26)14-6-3-9-27-14)15(20)16-7-8-17-28(23,24)13-5-2-4-12(10-13)19(21)22/h2-6,9-11,17-18H,7-8H2,1H3,(H,16,20). The third kappa shape index (κ3) is 6.30. The topological polar surface area (TPSA) is 165 Å². The second-order valence-corrected chi connectivity index (χ2v) is 10.4. The number of hydrogen-bond acceptors (Lipinski definition) is 8. The smallest absolute Gasteiger partial charge is 0.270 e. The van der Waals surface area contributed by atoms with Crippen molar-refractivity contribution in [2.75, 3.05) is 13.1 Å². The Bertz CT molecular complexity index is 1080. The van der Waals surface area contributed by atoms with E-state index < -0.39 is 36.9 Å². The van der Waals surface area contributed by atoms with Crippen molar-refractivity contribution in [1.29, 1.82) is 0 Å². The molecule has 1 aromatic heterocycles. The molecule has 0 saturated carbocycles. The molecule has 1 unspecified atom stereocenters. The van der Waals surface area contributed by atoms with Gasteiger partial charge in [-0.2, -0.15) is 4.72 Å². The molecule has 1 aromatic carbocycles. The van der Waals surface area contributed by atoms with E-state index in [0.717, 1.165) is 23.5 Å². The molecule has 2 rings (SSSR count). The van der Waals surface area contributed by atoms with Crippen molar-refractivity contribution in [3.05, 3.63) is 51.9 Å². The molecule has 14 heteroatoms. The number of benzene rings is 1. The van der Waals surface area contributed by atoms with Crippen LogP contribution in [0.15, 0.2) is 50.9 Å². The van der Waals surface area contributed by atoms with Crippen molar-refractivity contribution < 1.29 is 26.6 Å². The van der Waals surface area contributed by atoms with Gasteiger partial charge in [-0.3, -0.25) is 14.9 Å². The number of hydrogen-bond donors (Lipinski definition) is 3. The van der Waals surface area contributed by atoms with E-state index in [4.69, 9.17) is 0 Å². The molecule has 1 heterocycles. The van der Waals surface area contributed by atoms with Gasteiger partial charge in [0.15, 0.2) is 0 Å². The van der Waals surface area contributed by atoms with Gasteiger partial charge in [0.25, 0.3) is 15.7 Å². The highest BCUT2D eigenvalue weighted by atomic mass is 32.2. The molecule has 158 valence electrons. The van der Waals surface area contributed by atoms with Crippen LogP contribution >= 0.6 is 11.3 Å². The van der Waals surface area contributed by atoms with Crippen molar-refractivity contribution >= 4 is 43.0 Å². The zero-order valence-corrected chi connectivity index (χ0v) is 17.5. The number of nitro groups is 1. The largest absolute Gasteiger partial charge is 0.353 e. The molecule has 0 aliphatic carbocycles. The molecule has 1 atom stereocenters. The number of carbonyl (C=O) groups excluding carboxylic acids is 1. The normalized spacial score (nSPS) is 13.0. The molecule has 0 aliphatic rings. The lowest BCUT2D eigenvalue weighted by Gasteiger charge is -2.14. The highest BCUT2D eigenvalue weighted by Crippen LogP contribution is 2.17. The lowest BCUT2D eigenvalue weighted by Crippen LogP contribution is -2.46. The lowest BCUT2D eigenvalue weighted by molar-refractivity contribution is -0.385. The van der Waals surface area contributed by atoms with E-state index in [1.165, 1.54) is 25.1 Å². The molecule has 0 radical (unpaired) electrons. The molecule has 0 aliphatic heterocycles. The Morgan fingerprint density at radius 1 is 1.14 bits per heavy atom. The summed E-state index contributed by atoms with van der Waals surface area (Å²) in [7, 11) is -7.83. The van der Waals surface area contributed by atoms with E-state index in [-0.39, 0.29) is 27.9 Å². The monoisotopic (exact) mass is 462 g/mol. The van der Waals surface area contributed by atoms with Crippen LogP contribution in [0.4, 0.5) is 5.69 Å². The number of nitrogens with one attached hydrogen (secondary N) is 3. The Balaban J connectivity index is 1.85. The summed E-state index contributed by atoms with van der Waals surface area (Å²) in [6.45, 7) is 1.05. The van der Waals surface area contributed by atoms with E-state index in [1.54, 1.807) is 11.4 Å². The molecule has 1 amide bonds. The molecule has 29 heavy (non-hydrogen) atoms. The highest BCUT2D eigenvalue weighted by molar-refractivity contribution is 7.91. The number of carbonyl (C=O) groups is 1. The van der Waals surface area contributed by atoms with Gasteiger partial charge in [-0.1, -0.05) is 12.1 Å². The second-order valence-electron chi connectivity index (χ2n) is 5.72. The van der Waals surface area contributed by atoms with Crippen LogP contribution in [0, 0.1) is 10.1 Å². The summed E-state index contributed by atoms with van der Waals surface area (Å²) in [5.74, 6) is -0.639. The van der Waals surface area contributed by atoms with E-state index in [1.807, 2.05) is 0 Å². The summed E-state index contributed by atoms with van der Waals surface area (Å²) in [4.78, 5) is 21.8. The molecular formula is C15H18N4O7S3. The zero-order valence-electron chi connectivity index (χ0n) is 15.1. The van der Waals surface area contributed by atoms with E-state index in [9.17, 15) is 31.7 Å². The van der Waals surface area contributed by atoms with Gasteiger partial charge >= 0.3 is 0 Å². The average molecular weight is 463 g/mol. The molecule has 0 bridgehead atoms. The minimum Gasteiger partial charge on any atom is -0.353 e. The fraction of sp³-hybridized carbons (Fsp3) is 0.267. The number of thiophene rings is 1. The summed E-state index contributed by atoms with van der Waals surface area (Å²) in [6, 6.07) is 6.43. The van der Waals surface area contributed by atoms with E-state index in [0.29, 0.717) is 0 Å². The highest BCUT2D eigenvalue weighted by Gasteiger charge is 2.23. The minimum absolute atomic E-state index is 0.0712. The zero-order chi connectivity index (χ0) is 21.7. The fourth-order valence-electron chi connectivity index (χ4n) is 2.13. The predicted octanol–water partition coefficient (Wildman–Crippen LogP) is 0.418. The quantitative estimate of drug-likeness (QED) is 0.261. The molecular weight excluding hydrogens is 444 g/mol. The van der Waals surface area contributed by atoms with E-state index in [2.05, 4.69) is 14.8 Å². The van der Waals surface area contributed by atoms with Crippen molar-refractivity contribution in [2.45, 2.75) is 22.1 Å². The summed E-state index contributed by atoms with van der Waals surface area (Å²) in [5.41, 5.74) is -0.368. The third-order valence-electron chi connectivity index (χ3n) is 3.54. The van der Waals surface area contributed by atoms with Crippen molar-refractivity contribution in [3.63, 3.8) is 0 Å². The molecule has 0 saturated heterocycles. The third-order valence-corrected chi connectivity index (χ3v) is 7.94. The first-order valence-corrected chi connectivity index (χ1v) is 12.0. The number of amides is 1. The van der Waals surface area contributed by atoms with Gasteiger partial charge in [-0.15, -0.1) is 11.3 Å². The Morgan fingerprint density at radius 3 is 2.48 bits per heavy atom. The minimum atomic E-state index is -4.01. The summed E-state index contributed by atoms with van der Waals surface area (Å²) in [5, 5.41) is 14.7. The summed E-state index contributed by atoms with van der Waals surface area (Å²) < 4.78 is 53.0. The number of non-ortho nitro benzene ring substituents is 1. The number of rotatable bonds is 10. The van der Waals surface area contributed by atoms with Crippen LogP contribution in [-0.2, 0) is 24.8 Å². The van der Waals surface area contributed by atoms with Crippen molar-refractivity contribution in [2.24, 2.45) is 0 Å². The van der Waals surface area contributed by atoms with Crippen LogP contribution < -0.4 is 14.8 Å². The fourth-order valence-corrected chi connectivity index (χ4v) is 5.42. The Morgan fingerprint density at radius 2 is 1.86 bits per heavy atom. The molecule has 3 N–H and O–H groups in total. The van der Waals surface area contributed by atoms with Gasteiger partial charge in [0.1, 0.15) is 4.21 Å². The molecule has 0 spiro atoms. The van der Waals surface area contributed by atoms with Gasteiger partial charge in [0, 0.05) is 25.2 Å². The Hall–Kier alpha value is -2.39. The van der Waals surface area contributed by atoms with Crippen LogP contribution in [0.1, 0.15) is 6.92 Å². The average Bonchev–Trinajstić information content (AvgIpc) is 3.20. The first-order chi connectivity index (χ1) is 13.5. The Kier molecular flexibility index (Phi) is 7.43. The first-order valence-electron chi connectivity index (χ1n) is 8.10. The van der Waals surface area contributed by atoms with Crippen LogP contribution in [0.2, 0.25) is 0 Å². The maximum absolute atomic E-state index is 12.2. The Labute approximate surface area is 171 Å². The number of nitrogens with zero attached hydrogens (tertiary/aromatic N) is 1. The SMILES string of the molecule is CC(NS(=O)(=O)c1cccs1)C(=O)NCCNS(=O)(=O)c1cccc([N+](=O)[O-])c1. The van der Waals surface area contributed by atoms with Gasteiger partial charge in [0.2, 0.25) is 15.9 Å². The maximum Gasteiger partial charge on any atom is 0.270 e. The molecule has 0 fully saturated rings. The van der Waals surface area contributed by atoms with Crippen LogP contribution in [0.3, 0.4) is 0 Å². The van der Waals surface area contributed by atoms with Gasteiger partial charge in [0.05, 0.1) is 15.9 Å². The number of nitro benzene ring substituents is 1. The molecule has 2 aromatic rings. The lowest BCUT2D eigenvalue weighted by atomic mass is 10.3. The van der Waals surface area contributed by atoms with Gasteiger partial charge < -0.3 is 5.32 Å².